The summed E-state index contributed by atoms with van der Waals surface area (Å²) in [7, 11) is 2.07. The Morgan fingerprint density at radius 3 is 2.07 bits per heavy atom. The number of amidine groups is 1. The Morgan fingerprint density at radius 2 is 1.53 bits per heavy atom. The van der Waals surface area contributed by atoms with Crippen molar-refractivity contribution in [3.63, 3.8) is 0 Å². The van der Waals surface area contributed by atoms with Crippen LogP contribution in [0.3, 0.4) is 0 Å². The Hall–Kier alpha value is -5.21. The van der Waals surface area contributed by atoms with E-state index in [2.05, 4.69) is 15.2 Å². The predicted molar refractivity (Wildman–Crippen MR) is 215 cm³/mol. The van der Waals surface area contributed by atoms with Gasteiger partial charge in [0.15, 0.2) is 5.17 Å². The number of nitrogens with zero attached hydrogens (tertiary/aromatic N) is 3. The average molecular weight is 796 g/mol. The van der Waals surface area contributed by atoms with Gasteiger partial charge in [-0.2, -0.15) is 0 Å². The minimum atomic E-state index is -0.982. The SMILES string of the molecule is CO/N=S1\C=C(CC(=O)NC2C(=O)N3C(C(=O)OCc4ccc(OC)cc4)=C(CCl)CSC23)NC1=NC(c1ccccc1)(c1ccccc1)c1ccccc1. The number of amides is 2. The lowest BCUT2D eigenvalue weighted by Crippen LogP contribution is -2.70. The maximum atomic E-state index is 13.6. The van der Waals surface area contributed by atoms with Gasteiger partial charge in [0.1, 0.15) is 35.0 Å². The Labute approximate surface area is 330 Å². The Bertz CT molecular complexity index is 2090. The smallest absolute Gasteiger partial charge is 0.355 e. The molecule has 0 aliphatic carbocycles. The zero-order valence-electron chi connectivity index (χ0n) is 30.0. The second-order valence-corrected chi connectivity index (χ2v) is 15.5. The fourth-order valence-electron chi connectivity index (χ4n) is 6.70. The summed E-state index contributed by atoms with van der Waals surface area (Å²) in [6, 6.07) is 36.4. The quantitative estimate of drug-likeness (QED) is 0.0540. The lowest BCUT2D eigenvalue weighted by atomic mass is 9.77. The normalized spacial score (nSPS) is 20.0. The van der Waals surface area contributed by atoms with Crippen molar-refractivity contribution in [1.29, 1.82) is 0 Å². The number of methoxy groups -OCH3 is 1. The molecule has 1 fully saturated rings. The van der Waals surface area contributed by atoms with Gasteiger partial charge in [0, 0.05) is 33.4 Å². The van der Waals surface area contributed by atoms with Gasteiger partial charge in [-0.3, -0.25) is 14.5 Å². The molecule has 4 aromatic rings. The Kier molecular flexibility index (Phi) is 11.8. The van der Waals surface area contributed by atoms with Gasteiger partial charge in [0.2, 0.25) is 5.91 Å². The van der Waals surface area contributed by atoms with Crippen LogP contribution >= 0.6 is 23.4 Å². The predicted octanol–water partition coefficient (Wildman–Crippen LogP) is 6.18. The minimum Gasteiger partial charge on any atom is -0.497 e. The highest BCUT2D eigenvalue weighted by Gasteiger charge is 2.54. The number of hydrogen-bond acceptors (Lipinski definition) is 9. The van der Waals surface area contributed by atoms with E-state index in [0.717, 1.165) is 22.3 Å². The molecule has 2 amide bonds. The van der Waals surface area contributed by atoms with Crippen LogP contribution in [-0.2, 0) is 46.8 Å². The molecule has 3 atom stereocenters. The fraction of sp³-hybridized carbons (Fsp3) is 0.220. The van der Waals surface area contributed by atoms with Gasteiger partial charge in [0.25, 0.3) is 5.91 Å². The first-order chi connectivity index (χ1) is 26.9. The summed E-state index contributed by atoms with van der Waals surface area (Å²) in [6.07, 6.45) is -0.0720. The first-order valence-corrected chi connectivity index (χ1v) is 20.2. The van der Waals surface area contributed by atoms with Gasteiger partial charge in [-0.25, -0.2) is 14.6 Å². The molecule has 1 saturated heterocycles. The van der Waals surface area contributed by atoms with Gasteiger partial charge >= 0.3 is 5.97 Å². The molecule has 0 radical (unpaired) electrons. The molecule has 0 bridgehead atoms. The van der Waals surface area contributed by atoms with Crippen LogP contribution in [0.25, 0.3) is 0 Å². The average Bonchev–Trinajstić information content (AvgIpc) is 3.61. The summed E-state index contributed by atoms with van der Waals surface area (Å²) in [5.41, 5.74) is 3.93. The summed E-state index contributed by atoms with van der Waals surface area (Å²) in [5.74, 6) is -0.274. The monoisotopic (exact) mass is 795 g/mol. The number of fused-ring (bicyclic) bond motifs is 1. The van der Waals surface area contributed by atoms with Crippen LogP contribution < -0.4 is 15.4 Å². The maximum Gasteiger partial charge on any atom is 0.355 e. The third-order valence-electron chi connectivity index (χ3n) is 9.32. The van der Waals surface area contributed by atoms with E-state index in [1.54, 1.807) is 31.4 Å². The van der Waals surface area contributed by atoms with E-state index >= 15 is 0 Å². The van der Waals surface area contributed by atoms with Crippen LogP contribution in [-0.4, -0.2) is 65.1 Å². The van der Waals surface area contributed by atoms with E-state index in [4.69, 9.17) is 30.9 Å². The molecule has 3 unspecified atom stereocenters. The Morgan fingerprint density at radius 1 is 0.927 bits per heavy atom. The number of aliphatic imine (C=N–C) groups is 1. The van der Waals surface area contributed by atoms with Crippen molar-refractivity contribution < 1.29 is 28.7 Å². The van der Waals surface area contributed by atoms with E-state index in [-0.39, 0.29) is 30.5 Å². The number of thioether (sulfide) groups is 1. The van der Waals surface area contributed by atoms with Gasteiger partial charge in [-0.05, 0) is 40.0 Å². The second-order valence-electron chi connectivity index (χ2n) is 12.7. The molecular weight excluding hydrogens is 758 g/mol. The van der Waals surface area contributed by atoms with Gasteiger partial charge in [-0.1, -0.05) is 108 Å². The van der Waals surface area contributed by atoms with Crippen molar-refractivity contribution in [3.8, 4) is 5.75 Å². The third kappa shape index (κ3) is 7.83. The molecule has 3 heterocycles. The molecule has 55 heavy (non-hydrogen) atoms. The summed E-state index contributed by atoms with van der Waals surface area (Å²) in [4.78, 5) is 52.6. The van der Waals surface area contributed by atoms with E-state index in [9.17, 15) is 14.4 Å². The zero-order chi connectivity index (χ0) is 38.4. The summed E-state index contributed by atoms with van der Waals surface area (Å²) >= 11 is 7.66. The minimum absolute atomic E-state index is 0.00941. The first kappa shape index (κ1) is 38.1. The number of esters is 1. The zero-order valence-corrected chi connectivity index (χ0v) is 32.4. The number of alkyl halides is 1. The van der Waals surface area contributed by atoms with Crippen LogP contribution in [0.5, 0.6) is 5.75 Å². The van der Waals surface area contributed by atoms with E-state index in [0.29, 0.717) is 27.9 Å². The maximum absolute atomic E-state index is 13.6. The van der Waals surface area contributed by atoms with Crippen LogP contribution in [0, 0.1) is 0 Å². The van der Waals surface area contributed by atoms with Crippen LogP contribution in [0.1, 0.15) is 28.7 Å². The third-order valence-corrected chi connectivity index (χ3v) is 12.4. The second kappa shape index (κ2) is 17.1. The first-order valence-electron chi connectivity index (χ1n) is 17.4. The molecule has 0 spiro atoms. The lowest BCUT2D eigenvalue weighted by Gasteiger charge is -2.49. The number of hydrogen-bond donors (Lipinski definition) is 2. The van der Waals surface area contributed by atoms with Gasteiger partial charge in [-0.15, -0.1) is 23.4 Å². The van der Waals surface area contributed by atoms with Gasteiger partial charge in [0.05, 0.1) is 20.6 Å². The molecule has 7 rings (SSSR count). The molecular formula is C41H38ClN5O6S2. The highest BCUT2D eigenvalue weighted by molar-refractivity contribution is 8.05. The Balaban J connectivity index is 1.08. The molecule has 2 N–H and O–H groups in total. The number of nitrogens with one attached hydrogen (secondary N) is 2. The molecule has 4 aromatic carbocycles. The van der Waals surface area contributed by atoms with E-state index < -0.39 is 39.5 Å². The molecule has 11 nitrogen and oxygen atoms in total. The number of β-lactam (4-membered cyclic amide) rings is 1. The van der Waals surface area contributed by atoms with E-state index in [1.165, 1.54) is 23.8 Å². The van der Waals surface area contributed by atoms with Crippen molar-refractivity contribution in [3.05, 3.63) is 160 Å². The summed E-state index contributed by atoms with van der Waals surface area (Å²) in [6.45, 7) is 0.00941. The number of carbonyl (C=O) groups excluding carboxylic acids is 3. The fourth-order valence-corrected chi connectivity index (χ4v) is 9.65. The number of rotatable bonds is 13. The van der Waals surface area contributed by atoms with Crippen LogP contribution in [0.4, 0.5) is 0 Å². The van der Waals surface area contributed by atoms with Crippen molar-refractivity contribution in [2.45, 2.75) is 30.0 Å². The largest absolute Gasteiger partial charge is 0.497 e. The van der Waals surface area contributed by atoms with Crippen molar-refractivity contribution >= 4 is 57.0 Å². The number of ether oxygens (including phenoxy) is 2. The number of carbonyl (C=O) groups is 3. The van der Waals surface area contributed by atoms with Gasteiger partial charge < -0.3 is 20.1 Å². The summed E-state index contributed by atoms with van der Waals surface area (Å²) in [5, 5.41) is 8.11. The standard InChI is InChI=1S/C41H38ClN5O6S2/c1-51-33-20-18-27(19-21-33)24-53-39(50)36-28(23-42)25-54-38-35(37(49)47(36)38)44-34(48)22-32-26-55(46-52-2)40(43-32)45-41(29-12-6-3-7-13-29,30-14-8-4-9-15-30)31-16-10-5-11-17-31/h3-21,26,35,38H,22-25H2,1-2H3,(H,43,45)(H,44,48). The molecule has 14 heteroatoms. The van der Waals surface area contributed by atoms with Crippen molar-refractivity contribution in [2.75, 3.05) is 25.9 Å². The van der Waals surface area contributed by atoms with Crippen LogP contribution in [0.2, 0.25) is 0 Å². The molecule has 0 aromatic heterocycles. The lowest BCUT2D eigenvalue weighted by molar-refractivity contribution is -0.153. The molecule has 3 aliphatic rings. The number of benzene rings is 4. The highest BCUT2D eigenvalue weighted by Crippen LogP contribution is 2.43. The number of halogens is 1. The van der Waals surface area contributed by atoms with E-state index in [1.807, 2.05) is 96.4 Å². The molecule has 0 saturated carbocycles. The molecule has 3 aliphatic heterocycles. The van der Waals surface area contributed by atoms with Crippen LogP contribution in [0.15, 0.2) is 147 Å². The molecule has 282 valence electrons. The van der Waals surface area contributed by atoms with Crippen molar-refractivity contribution in [2.24, 2.45) is 9.52 Å². The van der Waals surface area contributed by atoms with Crippen molar-refractivity contribution in [1.82, 2.24) is 15.5 Å². The summed E-state index contributed by atoms with van der Waals surface area (Å²) < 4.78 is 15.2. The highest BCUT2D eigenvalue weighted by atomic mass is 35.5. The topological polar surface area (TPSA) is 131 Å².